The van der Waals surface area contributed by atoms with Gasteiger partial charge in [-0.25, -0.2) is 0 Å². The van der Waals surface area contributed by atoms with Crippen LogP contribution in [-0.2, 0) is 11.3 Å². The van der Waals surface area contributed by atoms with Crippen molar-refractivity contribution in [2.45, 2.75) is 52.5 Å². The second-order valence-corrected chi connectivity index (χ2v) is 5.06. The van der Waals surface area contributed by atoms with Crippen LogP contribution in [0.15, 0.2) is 16.5 Å². The molecule has 1 aromatic rings. The maximum absolute atomic E-state index is 11.8. The van der Waals surface area contributed by atoms with Crippen LogP contribution in [0.4, 0.5) is 0 Å². The molecule has 0 fully saturated rings. The van der Waals surface area contributed by atoms with Crippen molar-refractivity contribution in [2.24, 2.45) is 11.7 Å². The van der Waals surface area contributed by atoms with Crippen molar-refractivity contribution < 1.29 is 9.21 Å². The maximum atomic E-state index is 11.8. The van der Waals surface area contributed by atoms with Crippen molar-refractivity contribution in [3.05, 3.63) is 23.7 Å². The Balaban J connectivity index is 2.22. The first-order valence-electron chi connectivity index (χ1n) is 7.17. The fourth-order valence-electron chi connectivity index (χ4n) is 2.27. The first-order chi connectivity index (χ1) is 9.15. The zero-order chi connectivity index (χ0) is 14.1. The SMILES string of the molecule is CCCC(CCN)CCC(=O)NCc1ccc(C)o1. The Hall–Kier alpha value is -1.29. The smallest absolute Gasteiger partial charge is 0.220 e. The van der Waals surface area contributed by atoms with Gasteiger partial charge >= 0.3 is 0 Å². The summed E-state index contributed by atoms with van der Waals surface area (Å²) in [7, 11) is 0. The van der Waals surface area contributed by atoms with Gasteiger partial charge in [0.25, 0.3) is 0 Å². The van der Waals surface area contributed by atoms with E-state index in [4.69, 9.17) is 10.2 Å². The van der Waals surface area contributed by atoms with E-state index in [0.717, 1.165) is 37.2 Å². The Labute approximate surface area is 115 Å². The predicted octanol–water partition coefficient (Wildman–Crippen LogP) is 2.75. The van der Waals surface area contributed by atoms with E-state index in [0.29, 0.717) is 25.4 Å². The molecule has 0 aliphatic rings. The lowest BCUT2D eigenvalue weighted by Gasteiger charge is -2.14. The number of carbonyl (C=O) groups is 1. The molecule has 108 valence electrons. The van der Waals surface area contributed by atoms with E-state index in [1.807, 2.05) is 19.1 Å². The van der Waals surface area contributed by atoms with Crippen molar-refractivity contribution in [3.63, 3.8) is 0 Å². The fourth-order valence-corrected chi connectivity index (χ4v) is 2.27. The number of hydrogen-bond donors (Lipinski definition) is 2. The zero-order valence-electron chi connectivity index (χ0n) is 12.1. The molecule has 19 heavy (non-hydrogen) atoms. The third kappa shape index (κ3) is 6.43. The molecule has 0 spiro atoms. The summed E-state index contributed by atoms with van der Waals surface area (Å²) in [6.45, 7) is 5.25. The summed E-state index contributed by atoms with van der Waals surface area (Å²) in [5.74, 6) is 2.34. The lowest BCUT2D eigenvalue weighted by atomic mass is 9.94. The summed E-state index contributed by atoms with van der Waals surface area (Å²) in [6, 6.07) is 3.80. The van der Waals surface area contributed by atoms with Gasteiger partial charge in [-0.1, -0.05) is 19.8 Å². The van der Waals surface area contributed by atoms with Crippen molar-refractivity contribution in [1.29, 1.82) is 0 Å². The van der Waals surface area contributed by atoms with Gasteiger partial charge in [0.1, 0.15) is 11.5 Å². The van der Waals surface area contributed by atoms with E-state index in [2.05, 4.69) is 12.2 Å². The van der Waals surface area contributed by atoms with E-state index in [1.54, 1.807) is 0 Å². The van der Waals surface area contributed by atoms with Crippen LogP contribution < -0.4 is 11.1 Å². The number of nitrogens with one attached hydrogen (secondary N) is 1. The van der Waals surface area contributed by atoms with Gasteiger partial charge < -0.3 is 15.5 Å². The van der Waals surface area contributed by atoms with Crippen LogP contribution in [-0.4, -0.2) is 12.5 Å². The molecule has 0 bridgehead atoms. The molecule has 0 aliphatic carbocycles. The normalized spacial score (nSPS) is 12.4. The van der Waals surface area contributed by atoms with Crippen LogP contribution in [0.5, 0.6) is 0 Å². The number of amides is 1. The number of aryl methyl sites for hydroxylation is 1. The number of furan rings is 1. The van der Waals surface area contributed by atoms with Gasteiger partial charge in [0.15, 0.2) is 0 Å². The molecule has 0 aromatic carbocycles. The average molecular weight is 266 g/mol. The molecule has 0 saturated carbocycles. The topological polar surface area (TPSA) is 68.3 Å². The molecule has 0 saturated heterocycles. The van der Waals surface area contributed by atoms with E-state index in [1.165, 1.54) is 0 Å². The Morgan fingerprint density at radius 2 is 2.16 bits per heavy atom. The van der Waals surface area contributed by atoms with E-state index in [-0.39, 0.29) is 5.91 Å². The summed E-state index contributed by atoms with van der Waals surface area (Å²) in [6.07, 6.45) is 4.82. The summed E-state index contributed by atoms with van der Waals surface area (Å²) in [5.41, 5.74) is 5.59. The minimum absolute atomic E-state index is 0.0900. The molecule has 0 aliphatic heterocycles. The van der Waals surface area contributed by atoms with Crippen molar-refractivity contribution in [1.82, 2.24) is 5.32 Å². The van der Waals surface area contributed by atoms with Crippen molar-refractivity contribution in [3.8, 4) is 0 Å². The van der Waals surface area contributed by atoms with Gasteiger partial charge in [0, 0.05) is 6.42 Å². The molecule has 0 radical (unpaired) electrons. The van der Waals surface area contributed by atoms with Gasteiger partial charge in [-0.05, 0) is 44.4 Å². The first kappa shape index (κ1) is 15.8. The lowest BCUT2D eigenvalue weighted by molar-refractivity contribution is -0.121. The lowest BCUT2D eigenvalue weighted by Crippen LogP contribution is -2.23. The van der Waals surface area contributed by atoms with E-state index >= 15 is 0 Å². The zero-order valence-corrected chi connectivity index (χ0v) is 12.1. The molecule has 3 N–H and O–H groups in total. The number of nitrogens with two attached hydrogens (primary N) is 1. The Morgan fingerprint density at radius 1 is 1.37 bits per heavy atom. The number of rotatable bonds is 9. The minimum Gasteiger partial charge on any atom is -0.465 e. The molecule has 1 heterocycles. The van der Waals surface area contributed by atoms with E-state index < -0.39 is 0 Å². The van der Waals surface area contributed by atoms with Crippen molar-refractivity contribution >= 4 is 5.91 Å². The molecular weight excluding hydrogens is 240 g/mol. The first-order valence-corrected chi connectivity index (χ1v) is 7.17. The Kier molecular flexibility index (Phi) is 7.26. The standard InChI is InChI=1S/C15H26N2O2/c1-3-4-13(9-10-16)6-8-15(18)17-11-14-7-5-12(2)19-14/h5,7,13H,3-4,6,8-11,16H2,1-2H3,(H,17,18). The van der Waals surface area contributed by atoms with Crippen LogP contribution in [0.25, 0.3) is 0 Å². The predicted molar refractivity (Wildman–Crippen MR) is 76.6 cm³/mol. The highest BCUT2D eigenvalue weighted by molar-refractivity contribution is 5.75. The van der Waals surface area contributed by atoms with Gasteiger partial charge in [-0.3, -0.25) is 4.79 Å². The van der Waals surface area contributed by atoms with Crippen molar-refractivity contribution in [2.75, 3.05) is 6.54 Å². The largest absolute Gasteiger partial charge is 0.465 e. The maximum Gasteiger partial charge on any atom is 0.220 e. The minimum atomic E-state index is 0.0900. The molecule has 4 nitrogen and oxygen atoms in total. The average Bonchev–Trinajstić information content (AvgIpc) is 2.80. The Morgan fingerprint density at radius 3 is 2.74 bits per heavy atom. The van der Waals surface area contributed by atoms with Gasteiger partial charge in [0.2, 0.25) is 5.91 Å². The monoisotopic (exact) mass is 266 g/mol. The fraction of sp³-hybridized carbons (Fsp3) is 0.667. The van der Waals surface area contributed by atoms with Gasteiger partial charge in [-0.2, -0.15) is 0 Å². The molecule has 1 amide bonds. The quantitative estimate of drug-likeness (QED) is 0.722. The van der Waals surface area contributed by atoms with Crippen LogP contribution in [0.2, 0.25) is 0 Å². The molecule has 1 rings (SSSR count). The third-order valence-electron chi connectivity index (χ3n) is 3.31. The van der Waals surface area contributed by atoms with E-state index in [9.17, 15) is 4.79 Å². The highest BCUT2D eigenvalue weighted by Gasteiger charge is 2.10. The molecule has 4 heteroatoms. The van der Waals surface area contributed by atoms with Crippen LogP contribution in [0.3, 0.4) is 0 Å². The Bertz CT molecular complexity index is 368. The van der Waals surface area contributed by atoms with Crippen LogP contribution >= 0.6 is 0 Å². The molecular formula is C15H26N2O2. The number of carbonyl (C=O) groups excluding carboxylic acids is 1. The highest BCUT2D eigenvalue weighted by atomic mass is 16.3. The van der Waals surface area contributed by atoms with Crippen LogP contribution in [0.1, 0.15) is 50.5 Å². The second kappa shape index (κ2) is 8.75. The van der Waals surface area contributed by atoms with Crippen LogP contribution in [0, 0.1) is 12.8 Å². The molecule has 1 aromatic heterocycles. The van der Waals surface area contributed by atoms with Gasteiger partial charge in [0.05, 0.1) is 6.54 Å². The summed E-state index contributed by atoms with van der Waals surface area (Å²) >= 11 is 0. The second-order valence-electron chi connectivity index (χ2n) is 5.06. The summed E-state index contributed by atoms with van der Waals surface area (Å²) < 4.78 is 5.41. The summed E-state index contributed by atoms with van der Waals surface area (Å²) in [4.78, 5) is 11.8. The molecule has 1 atom stereocenters. The highest BCUT2D eigenvalue weighted by Crippen LogP contribution is 2.16. The summed E-state index contributed by atoms with van der Waals surface area (Å²) in [5, 5.41) is 2.89. The van der Waals surface area contributed by atoms with Gasteiger partial charge in [-0.15, -0.1) is 0 Å². The third-order valence-corrected chi connectivity index (χ3v) is 3.31. The number of hydrogen-bond acceptors (Lipinski definition) is 3. The molecule has 1 unspecified atom stereocenters.